The molecule has 0 unspecified atom stereocenters. The van der Waals surface area contributed by atoms with Crippen LogP contribution in [0.4, 0.5) is 0 Å². The lowest BCUT2D eigenvalue weighted by molar-refractivity contribution is 0.682. The first-order valence-electron chi connectivity index (χ1n) is 1.78. The Bertz CT molecular complexity index is 32.6. The molecule has 112 valence electrons. The van der Waals surface area contributed by atoms with E-state index >= 15 is 0 Å². The third kappa shape index (κ3) is 311. The van der Waals surface area contributed by atoms with Gasteiger partial charge in [0, 0.05) is 0 Å². The molecule has 0 fully saturated rings. The summed E-state index contributed by atoms with van der Waals surface area (Å²) in [5, 5.41) is 0. The van der Waals surface area contributed by atoms with E-state index in [0.717, 1.165) is 6.42 Å². The molecular formula is C10H41Cl3N2. The van der Waals surface area contributed by atoms with Crippen LogP contribution < -0.4 is 11.5 Å². The molecule has 0 aromatic carbocycles. The van der Waals surface area contributed by atoms with Crippen LogP contribution in [0.2, 0.25) is 0 Å². The maximum Gasteiger partial charge on any atom is 0.0518 e. The Morgan fingerprint density at radius 1 is 0.667 bits per heavy atom. The van der Waals surface area contributed by atoms with Gasteiger partial charge in [-0.3, -0.25) is 0 Å². The van der Waals surface area contributed by atoms with Gasteiger partial charge < -0.3 is 11.5 Å². The predicted octanol–water partition coefficient (Wildman–Crippen LogP) is 5.36. The zero-order valence-electron chi connectivity index (χ0n) is 4.66. The fourth-order valence-electron chi connectivity index (χ4n) is 0. The summed E-state index contributed by atoms with van der Waals surface area (Å²) >= 11 is 0. The molecule has 0 rings (SSSR count). The van der Waals surface area contributed by atoms with E-state index < -0.39 is 0 Å². The topological polar surface area (TPSA) is 52.0 Å². The number of hydrogen-bond donors (Lipinski definition) is 2. The zero-order chi connectivity index (χ0) is 4.28. The van der Waals surface area contributed by atoms with Crippen LogP contribution in [0.1, 0.15) is 65.3 Å². The highest BCUT2D eigenvalue weighted by atomic mass is 35.5. The smallest absolute Gasteiger partial charge is 0.0518 e. The van der Waals surface area contributed by atoms with Crippen molar-refractivity contribution >= 4 is 37.2 Å². The summed E-state index contributed by atoms with van der Waals surface area (Å²) in [5.41, 5.74) is 10.1. The summed E-state index contributed by atoms with van der Waals surface area (Å²) in [7, 11) is 0. The van der Waals surface area contributed by atoms with Crippen LogP contribution in [-0.2, 0) is 0 Å². The lowest BCUT2D eigenvalue weighted by Crippen LogP contribution is -2.28. The first kappa shape index (κ1) is 151. The molecule has 0 spiro atoms. The molecule has 0 saturated heterocycles. The molecule has 4 N–H and O–H groups in total. The van der Waals surface area contributed by atoms with Crippen LogP contribution in [0.3, 0.4) is 0 Å². The number of nitrogens with two attached hydrogens (primary N) is 2. The second kappa shape index (κ2) is 123. The zero-order valence-corrected chi connectivity index (χ0v) is 7.11. The maximum absolute atomic E-state index is 5.07. The first-order chi connectivity index (χ1) is 2.27. The SMILES string of the molecule is C.C.C.C.C.C.C.CCC(N)N.Cl.Cl.Cl. The van der Waals surface area contributed by atoms with Crippen molar-refractivity contribution in [2.45, 2.75) is 71.5 Å². The lowest BCUT2D eigenvalue weighted by atomic mass is 10.4. The lowest BCUT2D eigenvalue weighted by Gasteiger charge is -1.92. The van der Waals surface area contributed by atoms with Crippen molar-refractivity contribution in [2.24, 2.45) is 11.5 Å². The van der Waals surface area contributed by atoms with Crippen molar-refractivity contribution in [3.8, 4) is 0 Å². The summed E-state index contributed by atoms with van der Waals surface area (Å²) in [6.07, 6.45) is 0.745. The van der Waals surface area contributed by atoms with Crippen molar-refractivity contribution in [1.29, 1.82) is 0 Å². The average Bonchev–Trinajstić information content (AvgIpc) is 1.38. The summed E-state index contributed by atoms with van der Waals surface area (Å²) in [5.74, 6) is 0. The molecule has 0 aliphatic carbocycles. The largest absolute Gasteiger partial charge is 0.316 e. The van der Waals surface area contributed by atoms with Gasteiger partial charge in [0.1, 0.15) is 0 Å². The molecule has 2 nitrogen and oxygen atoms in total. The highest BCUT2D eigenvalue weighted by Crippen LogP contribution is 1.68. The van der Waals surface area contributed by atoms with Gasteiger partial charge >= 0.3 is 0 Å². The van der Waals surface area contributed by atoms with Gasteiger partial charge in [-0.2, -0.15) is 0 Å². The fourth-order valence-corrected chi connectivity index (χ4v) is 0. The van der Waals surface area contributed by atoms with Crippen LogP contribution in [0.25, 0.3) is 0 Å². The monoisotopic (exact) mass is 294 g/mol. The summed E-state index contributed by atoms with van der Waals surface area (Å²) in [6, 6.07) is 0. The van der Waals surface area contributed by atoms with E-state index in [-0.39, 0.29) is 95.4 Å². The minimum Gasteiger partial charge on any atom is -0.316 e. The van der Waals surface area contributed by atoms with Gasteiger partial charge in [0.05, 0.1) is 6.17 Å². The highest BCUT2D eigenvalue weighted by molar-refractivity contribution is 5.86. The molecule has 0 aliphatic rings. The van der Waals surface area contributed by atoms with Crippen molar-refractivity contribution in [3.05, 3.63) is 0 Å². The molecule has 0 bridgehead atoms. The van der Waals surface area contributed by atoms with Crippen LogP contribution in [0, 0.1) is 0 Å². The summed E-state index contributed by atoms with van der Waals surface area (Å²) in [6.45, 7) is 1.95. The van der Waals surface area contributed by atoms with Gasteiger partial charge in [0.2, 0.25) is 0 Å². The second-order valence-corrected chi connectivity index (χ2v) is 1.07. The molecule has 0 radical (unpaired) electrons. The normalized spacial score (nSPS) is 3.20. The second-order valence-electron chi connectivity index (χ2n) is 1.07. The van der Waals surface area contributed by atoms with Crippen LogP contribution in [-0.4, -0.2) is 6.17 Å². The van der Waals surface area contributed by atoms with Crippen LogP contribution in [0.5, 0.6) is 0 Å². The Kier molecular flexibility index (Phi) is 1230. The van der Waals surface area contributed by atoms with E-state index in [0.29, 0.717) is 0 Å². The van der Waals surface area contributed by atoms with Crippen LogP contribution in [0.15, 0.2) is 0 Å². The molecule has 0 amide bonds. The molecular weight excluding hydrogens is 254 g/mol. The van der Waals surface area contributed by atoms with E-state index in [9.17, 15) is 0 Å². The van der Waals surface area contributed by atoms with E-state index in [1.807, 2.05) is 6.92 Å². The van der Waals surface area contributed by atoms with Gasteiger partial charge in [-0.15, -0.1) is 37.2 Å². The summed E-state index contributed by atoms with van der Waals surface area (Å²) in [4.78, 5) is 0. The highest BCUT2D eigenvalue weighted by Gasteiger charge is 1.79. The van der Waals surface area contributed by atoms with Gasteiger partial charge in [0.15, 0.2) is 0 Å². The average molecular weight is 296 g/mol. The number of hydrogen-bond acceptors (Lipinski definition) is 2. The van der Waals surface area contributed by atoms with Gasteiger partial charge in [-0.25, -0.2) is 0 Å². The predicted molar refractivity (Wildman–Crippen MR) is 91.3 cm³/mol. The standard InChI is InChI=1S/C3H10N2.7CH4.3ClH/c1-2-3(4)5;;;;;;;;;;/h3H,2,4-5H2,1H3;7*1H4;3*1H. The number of halogens is 3. The number of rotatable bonds is 1. The Morgan fingerprint density at radius 3 is 0.733 bits per heavy atom. The van der Waals surface area contributed by atoms with E-state index in [2.05, 4.69) is 0 Å². The molecule has 0 aliphatic heterocycles. The van der Waals surface area contributed by atoms with Crippen molar-refractivity contribution < 1.29 is 0 Å². The van der Waals surface area contributed by atoms with E-state index in [1.165, 1.54) is 0 Å². The minimum absolute atomic E-state index is 0. The van der Waals surface area contributed by atoms with Gasteiger partial charge in [-0.1, -0.05) is 58.9 Å². The Hall–Kier alpha value is 0.790. The van der Waals surface area contributed by atoms with E-state index in [1.54, 1.807) is 0 Å². The Morgan fingerprint density at radius 2 is 0.733 bits per heavy atom. The third-order valence-corrected chi connectivity index (χ3v) is 0.471. The third-order valence-electron chi connectivity index (χ3n) is 0.471. The fraction of sp³-hybridized carbons (Fsp3) is 1.00. The van der Waals surface area contributed by atoms with Crippen molar-refractivity contribution in [3.63, 3.8) is 0 Å². The maximum atomic E-state index is 5.07. The first-order valence-corrected chi connectivity index (χ1v) is 1.78. The molecule has 5 heteroatoms. The minimum atomic E-state index is -0.116. The molecule has 15 heavy (non-hydrogen) atoms. The molecule has 0 saturated carbocycles. The quantitative estimate of drug-likeness (QED) is 0.640. The molecule has 0 aromatic rings. The molecule has 0 heterocycles. The molecule has 0 atom stereocenters. The van der Waals surface area contributed by atoms with Crippen molar-refractivity contribution in [1.82, 2.24) is 0 Å². The summed E-state index contributed by atoms with van der Waals surface area (Å²) < 4.78 is 0. The Balaban J connectivity index is -0.00000000178. The Labute approximate surface area is 120 Å². The van der Waals surface area contributed by atoms with Crippen molar-refractivity contribution in [2.75, 3.05) is 0 Å². The molecule has 0 aromatic heterocycles. The van der Waals surface area contributed by atoms with Gasteiger partial charge in [-0.05, 0) is 6.42 Å². The van der Waals surface area contributed by atoms with Gasteiger partial charge in [0.25, 0.3) is 0 Å². The van der Waals surface area contributed by atoms with E-state index in [4.69, 9.17) is 11.5 Å². The van der Waals surface area contributed by atoms with Crippen LogP contribution >= 0.6 is 37.2 Å².